The summed E-state index contributed by atoms with van der Waals surface area (Å²) in [5.41, 5.74) is 1.26. The molecule has 1 saturated heterocycles. The van der Waals surface area contributed by atoms with Crippen LogP contribution in [0, 0.1) is 0 Å². The smallest absolute Gasteiger partial charge is 0.158 e. The van der Waals surface area contributed by atoms with Crippen LogP contribution < -0.4 is 5.32 Å². The number of nitrogens with one attached hydrogen (secondary N) is 1. The van der Waals surface area contributed by atoms with E-state index >= 15 is 0 Å². The highest BCUT2D eigenvalue weighted by Crippen LogP contribution is 2.23. The molecular weight excluding hydrogens is 266 g/mol. The van der Waals surface area contributed by atoms with Crippen LogP contribution in [0.3, 0.4) is 0 Å². The van der Waals surface area contributed by atoms with Crippen molar-refractivity contribution >= 4 is 5.52 Å². The van der Waals surface area contributed by atoms with Gasteiger partial charge in [0.05, 0.1) is 23.9 Å². The van der Waals surface area contributed by atoms with Crippen LogP contribution >= 0.6 is 0 Å². The summed E-state index contributed by atoms with van der Waals surface area (Å²) in [5.74, 6) is 0.824. The average molecular weight is 283 g/mol. The van der Waals surface area contributed by atoms with Crippen LogP contribution in [-0.4, -0.2) is 43.0 Å². The first-order chi connectivity index (χ1) is 10.3. The average Bonchev–Trinajstić information content (AvgIpc) is 3.19. The minimum Gasteiger partial charge on any atom is -0.387 e. The molecule has 0 spiro atoms. The molecule has 3 aromatic heterocycles. The highest BCUT2D eigenvalue weighted by atomic mass is 16.3. The first kappa shape index (κ1) is 12.6. The van der Waals surface area contributed by atoms with Gasteiger partial charge >= 0.3 is 0 Å². The van der Waals surface area contributed by atoms with Crippen molar-refractivity contribution in [1.82, 2.24) is 24.5 Å². The van der Waals surface area contributed by atoms with E-state index in [0.717, 1.165) is 30.0 Å². The molecule has 1 aliphatic rings. The number of aliphatic hydroxyl groups is 1. The second-order valence-corrected chi connectivity index (χ2v) is 5.61. The predicted molar refractivity (Wildman–Crippen MR) is 78.8 cm³/mol. The largest absolute Gasteiger partial charge is 0.387 e. The van der Waals surface area contributed by atoms with Crippen LogP contribution in [0.5, 0.6) is 0 Å². The maximum atomic E-state index is 10.6. The minimum atomic E-state index is -0.701. The number of imidazole rings is 1. The summed E-state index contributed by atoms with van der Waals surface area (Å²) in [7, 11) is 0. The first-order valence-electron chi connectivity index (χ1n) is 7.13. The van der Waals surface area contributed by atoms with E-state index in [1.807, 2.05) is 39.5 Å². The lowest BCUT2D eigenvalue weighted by Crippen LogP contribution is -2.36. The number of β-amino-alcohol motifs (C(OH)–C–C–N with tert-alkyl or cyclic N) is 1. The van der Waals surface area contributed by atoms with Gasteiger partial charge in [0.2, 0.25) is 0 Å². The summed E-state index contributed by atoms with van der Waals surface area (Å²) in [6.45, 7) is 2.01. The molecule has 3 aromatic rings. The van der Waals surface area contributed by atoms with Gasteiger partial charge in [-0.25, -0.2) is 9.50 Å². The lowest BCUT2D eigenvalue weighted by Gasteiger charge is -2.23. The molecule has 6 heteroatoms. The van der Waals surface area contributed by atoms with E-state index in [0.29, 0.717) is 13.1 Å². The summed E-state index contributed by atoms with van der Waals surface area (Å²) < 4.78 is 3.87. The molecule has 0 aliphatic carbocycles. The van der Waals surface area contributed by atoms with Gasteiger partial charge < -0.3 is 15.0 Å². The van der Waals surface area contributed by atoms with E-state index in [1.165, 1.54) is 0 Å². The van der Waals surface area contributed by atoms with Crippen molar-refractivity contribution in [2.75, 3.05) is 13.1 Å². The van der Waals surface area contributed by atoms with Crippen LogP contribution in [-0.2, 0) is 6.54 Å². The van der Waals surface area contributed by atoms with Crippen molar-refractivity contribution in [2.24, 2.45) is 0 Å². The summed E-state index contributed by atoms with van der Waals surface area (Å²) in [6, 6.07) is 7.97. The van der Waals surface area contributed by atoms with Gasteiger partial charge in [-0.15, -0.1) is 0 Å². The molecule has 21 heavy (non-hydrogen) atoms. The Kier molecular flexibility index (Phi) is 2.80. The molecule has 1 fully saturated rings. The molecule has 4 heterocycles. The maximum absolute atomic E-state index is 10.6. The fourth-order valence-electron chi connectivity index (χ4n) is 2.97. The van der Waals surface area contributed by atoms with Gasteiger partial charge in [0.15, 0.2) is 5.82 Å². The van der Waals surface area contributed by atoms with E-state index in [9.17, 15) is 5.11 Å². The van der Waals surface area contributed by atoms with Crippen LogP contribution in [0.1, 0.15) is 6.42 Å². The third-order valence-corrected chi connectivity index (χ3v) is 4.05. The summed E-state index contributed by atoms with van der Waals surface area (Å²) in [4.78, 5) is 4.46. The van der Waals surface area contributed by atoms with Crippen molar-refractivity contribution in [3.05, 3.63) is 42.9 Å². The Labute approximate surface area is 122 Å². The number of aromatic nitrogens is 4. The number of rotatable bonds is 3. The van der Waals surface area contributed by atoms with Crippen LogP contribution in [0.25, 0.3) is 17.0 Å². The number of hydrogen-bond donors (Lipinski definition) is 2. The molecule has 1 atom stereocenters. The lowest BCUT2D eigenvalue weighted by atomic mass is 10.0. The molecule has 1 aliphatic heterocycles. The normalized spacial score (nSPS) is 22.1. The molecule has 2 N–H and O–H groups in total. The molecule has 108 valence electrons. The zero-order chi connectivity index (χ0) is 14.3. The highest BCUT2D eigenvalue weighted by molar-refractivity contribution is 5.58. The van der Waals surface area contributed by atoms with Gasteiger partial charge in [-0.05, 0) is 31.2 Å². The summed E-state index contributed by atoms with van der Waals surface area (Å²) >= 11 is 0. The molecule has 0 saturated carbocycles. The monoisotopic (exact) mass is 283 g/mol. The maximum Gasteiger partial charge on any atom is 0.158 e. The zero-order valence-electron chi connectivity index (χ0n) is 11.6. The number of fused-ring (bicyclic) bond motifs is 1. The first-order valence-corrected chi connectivity index (χ1v) is 7.13. The Hall–Kier alpha value is -2.18. The standard InChI is InChI=1S/C15H17N5O/c21-15(5-7-16-10-15)11-19-9-8-17-14(19)13-3-1-2-12-4-6-18-20(12)13/h1-4,6,8-9,16,21H,5,7,10-11H2. The fraction of sp³-hybridized carbons (Fsp3) is 0.333. The van der Waals surface area contributed by atoms with E-state index in [-0.39, 0.29) is 0 Å². The lowest BCUT2D eigenvalue weighted by molar-refractivity contribution is 0.0436. The molecule has 0 aromatic carbocycles. The third-order valence-electron chi connectivity index (χ3n) is 4.05. The second-order valence-electron chi connectivity index (χ2n) is 5.61. The Balaban J connectivity index is 1.76. The Morgan fingerprint density at radius 2 is 2.24 bits per heavy atom. The van der Waals surface area contributed by atoms with E-state index in [4.69, 9.17) is 0 Å². The predicted octanol–water partition coefficient (Wildman–Crippen LogP) is 0.922. The Morgan fingerprint density at radius 3 is 3.10 bits per heavy atom. The van der Waals surface area contributed by atoms with Crippen molar-refractivity contribution in [2.45, 2.75) is 18.6 Å². The van der Waals surface area contributed by atoms with Gasteiger partial charge in [0.1, 0.15) is 5.69 Å². The van der Waals surface area contributed by atoms with E-state index in [2.05, 4.69) is 15.4 Å². The summed E-state index contributed by atoms with van der Waals surface area (Å²) in [5, 5.41) is 18.1. The fourth-order valence-corrected chi connectivity index (χ4v) is 2.97. The number of nitrogens with zero attached hydrogens (tertiary/aromatic N) is 4. The molecule has 4 rings (SSSR count). The van der Waals surface area contributed by atoms with Crippen molar-refractivity contribution < 1.29 is 5.11 Å². The quantitative estimate of drug-likeness (QED) is 0.750. The highest BCUT2D eigenvalue weighted by Gasteiger charge is 2.32. The third kappa shape index (κ3) is 2.12. The van der Waals surface area contributed by atoms with Gasteiger partial charge in [-0.2, -0.15) is 5.10 Å². The Bertz CT molecular complexity index is 769. The van der Waals surface area contributed by atoms with E-state index < -0.39 is 5.60 Å². The van der Waals surface area contributed by atoms with E-state index in [1.54, 1.807) is 12.4 Å². The van der Waals surface area contributed by atoms with Gasteiger partial charge in [-0.3, -0.25) is 0 Å². The number of pyridine rings is 1. The van der Waals surface area contributed by atoms with Gasteiger partial charge in [0, 0.05) is 18.9 Å². The van der Waals surface area contributed by atoms with Crippen LogP contribution in [0.2, 0.25) is 0 Å². The van der Waals surface area contributed by atoms with Crippen molar-refractivity contribution in [3.63, 3.8) is 0 Å². The van der Waals surface area contributed by atoms with Crippen molar-refractivity contribution in [3.8, 4) is 11.5 Å². The molecule has 0 radical (unpaired) electrons. The van der Waals surface area contributed by atoms with Crippen molar-refractivity contribution in [1.29, 1.82) is 0 Å². The zero-order valence-corrected chi connectivity index (χ0v) is 11.6. The minimum absolute atomic E-state index is 0.535. The summed E-state index contributed by atoms with van der Waals surface area (Å²) in [6.07, 6.45) is 6.22. The molecule has 0 amide bonds. The molecule has 1 unspecified atom stereocenters. The topological polar surface area (TPSA) is 67.4 Å². The SMILES string of the molecule is OC1(Cn2ccnc2-c2cccc3ccnn23)CCNC1. The van der Waals surface area contributed by atoms with Gasteiger partial charge in [-0.1, -0.05) is 6.07 Å². The molecule has 0 bridgehead atoms. The molecular formula is C15H17N5O. The molecule has 6 nitrogen and oxygen atoms in total. The van der Waals surface area contributed by atoms with Crippen LogP contribution in [0.4, 0.5) is 0 Å². The number of hydrogen-bond acceptors (Lipinski definition) is 4. The van der Waals surface area contributed by atoms with Crippen LogP contribution in [0.15, 0.2) is 42.9 Å². The Morgan fingerprint density at radius 1 is 1.29 bits per heavy atom. The van der Waals surface area contributed by atoms with Gasteiger partial charge in [0.25, 0.3) is 0 Å². The second kappa shape index (κ2) is 4.68.